The van der Waals surface area contributed by atoms with E-state index in [9.17, 15) is 0 Å². The van der Waals surface area contributed by atoms with Crippen LogP contribution in [0, 0.1) is 13.8 Å². The number of nitrogens with zero attached hydrogens (tertiary/aromatic N) is 2. The molecule has 0 amide bonds. The molecule has 0 spiro atoms. The second-order valence-corrected chi connectivity index (χ2v) is 5.61. The highest BCUT2D eigenvalue weighted by atomic mass is 32.1. The van der Waals surface area contributed by atoms with Crippen molar-refractivity contribution in [3.63, 3.8) is 0 Å². The molecule has 0 atom stereocenters. The summed E-state index contributed by atoms with van der Waals surface area (Å²) in [5.41, 5.74) is 9.76. The van der Waals surface area contributed by atoms with E-state index in [1.54, 1.807) is 23.7 Å². The molecule has 5 heteroatoms. The van der Waals surface area contributed by atoms with E-state index in [-0.39, 0.29) is 0 Å². The molecule has 0 saturated heterocycles. The van der Waals surface area contributed by atoms with Crippen LogP contribution < -0.4 is 5.73 Å². The van der Waals surface area contributed by atoms with Crippen LogP contribution in [-0.4, -0.2) is 10.1 Å². The van der Waals surface area contributed by atoms with Gasteiger partial charge in [0.2, 0.25) is 5.88 Å². The number of rotatable bonds is 2. The van der Waals surface area contributed by atoms with Crippen LogP contribution in [0.1, 0.15) is 10.4 Å². The summed E-state index contributed by atoms with van der Waals surface area (Å²) in [6.07, 6.45) is 3.47. The highest BCUT2D eigenvalue weighted by Crippen LogP contribution is 2.39. The maximum atomic E-state index is 5.91. The van der Waals surface area contributed by atoms with Crippen molar-refractivity contribution in [3.05, 3.63) is 41.0 Å². The number of hydrogen-bond donors (Lipinski definition) is 1. The molecule has 0 aliphatic heterocycles. The molecule has 96 valence electrons. The Kier molecular flexibility index (Phi) is 2.83. The number of anilines is 1. The maximum Gasteiger partial charge on any atom is 0.230 e. The Hall–Kier alpha value is -2.14. The largest absolute Gasteiger partial charge is 0.367 e. The molecule has 3 rings (SSSR count). The normalized spacial score (nSPS) is 10.8. The third kappa shape index (κ3) is 2.02. The van der Waals surface area contributed by atoms with Crippen molar-refractivity contribution in [1.82, 2.24) is 10.1 Å². The predicted octanol–water partition coefficient (Wildman–Crippen LogP) is 3.66. The van der Waals surface area contributed by atoms with E-state index in [0.29, 0.717) is 5.88 Å². The van der Waals surface area contributed by atoms with Gasteiger partial charge in [-0.2, -0.15) is 0 Å². The number of nitrogen functional groups attached to an aromatic ring is 1. The quantitative estimate of drug-likeness (QED) is 0.772. The van der Waals surface area contributed by atoms with Gasteiger partial charge in [-0.05, 0) is 43.2 Å². The molecule has 0 aromatic carbocycles. The van der Waals surface area contributed by atoms with E-state index >= 15 is 0 Å². The minimum absolute atomic E-state index is 0.338. The molecule has 0 radical (unpaired) electrons. The molecule has 0 aliphatic rings. The molecule has 3 aromatic rings. The van der Waals surface area contributed by atoms with E-state index in [4.69, 9.17) is 10.3 Å². The minimum atomic E-state index is 0.338. The van der Waals surface area contributed by atoms with Crippen LogP contribution >= 0.6 is 11.3 Å². The molecule has 0 saturated carbocycles. The fraction of sp³-hybridized carbons (Fsp3) is 0.143. The monoisotopic (exact) mass is 271 g/mol. The fourth-order valence-corrected chi connectivity index (χ4v) is 2.98. The Bertz CT molecular complexity index is 696. The number of aromatic nitrogens is 2. The third-order valence-electron chi connectivity index (χ3n) is 3.09. The minimum Gasteiger partial charge on any atom is -0.367 e. The van der Waals surface area contributed by atoms with E-state index in [1.807, 2.05) is 12.1 Å². The number of aryl methyl sites for hydroxylation is 2. The van der Waals surface area contributed by atoms with Crippen molar-refractivity contribution in [3.8, 4) is 21.7 Å². The standard InChI is InChI=1S/C14H13N3OS/c1-8-7-11(19-9(8)2)13-12(14(15)18-17-13)10-3-5-16-6-4-10/h3-7H,15H2,1-2H3. The van der Waals surface area contributed by atoms with Gasteiger partial charge in [0.1, 0.15) is 5.69 Å². The number of thiophene rings is 1. The summed E-state index contributed by atoms with van der Waals surface area (Å²) in [6, 6.07) is 5.92. The summed E-state index contributed by atoms with van der Waals surface area (Å²) in [6.45, 7) is 4.18. The van der Waals surface area contributed by atoms with E-state index in [1.165, 1.54) is 10.4 Å². The zero-order valence-electron chi connectivity index (χ0n) is 10.7. The Labute approximate surface area is 114 Å². The summed E-state index contributed by atoms with van der Waals surface area (Å²) in [5.74, 6) is 0.338. The van der Waals surface area contributed by atoms with Crippen LogP contribution in [0.15, 0.2) is 35.1 Å². The maximum absolute atomic E-state index is 5.91. The predicted molar refractivity (Wildman–Crippen MR) is 76.9 cm³/mol. The summed E-state index contributed by atoms with van der Waals surface area (Å²) < 4.78 is 5.17. The highest BCUT2D eigenvalue weighted by Gasteiger charge is 2.19. The van der Waals surface area contributed by atoms with Crippen molar-refractivity contribution < 1.29 is 4.52 Å². The molecule has 2 N–H and O–H groups in total. The second kappa shape index (κ2) is 4.51. The molecule has 0 fully saturated rings. The van der Waals surface area contributed by atoms with Gasteiger partial charge in [0.15, 0.2) is 0 Å². The van der Waals surface area contributed by atoms with E-state index in [0.717, 1.165) is 21.7 Å². The lowest BCUT2D eigenvalue weighted by molar-refractivity contribution is 0.439. The van der Waals surface area contributed by atoms with Crippen molar-refractivity contribution in [1.29, 1.82) is 0 Å². The number of nitrogens with two attached hydrogens (primary N) is 1. The smallest absolute Gasteiger partial charge is 0.230 e. The van der Waals surface area contributed by atoms with Crippen LogP contribution in [0.4, 0.5) is 5.88 Å². The van der Waals surface area contributed by atoms with E-state index < -0.39 is 0 Å². The van der Waals surface area contributed by atoms with Gasteiger partial charge >= 0.3 is 0 Å². The van der Waals surface area contributed by atoms with Gasteiger partial charge in [-0.15, -0.1) is 11.3 Å². The van der Waals surface area contributed by atoms with Crippen LogP contribution in [0.5, 0.6) is 0 Å². The SMILES string of the molecule is Cc1cc(-c2noc(N)c2-c2ccncc2)sc1C. The molecule has 0 aliphatic carbocycles. The molecule has 0 unspecified atom stereocenters. The molecule has 3 aromatic heterocycles. The average molecular weight is 271 g/mol. The van der Waals surface area contributed by atoms with Crippen molar-refractivity contribution in [2.75, 3.05) is 5.73 Å². The zero-order chi connectivity index (χ0) is 13.4. The number of hydrogen-bond acceptors (Lipinski definition) is 5. The Morgan fingerprint density at radius 1 is 1.21 bits per heavy atom. The summed E-state index contributed by atoms with van der Waals surface area (Å²) >= 11 is 1.70. The van der Waals surface area contributed by atoms with Gasteiger partial charge in [0.05, 0.1) is 10.4 Å². The van der Waals surface area contributed by atoms with Crippen molar-refractivity contribution in [2.45, 2.75) is 13.8 Å². The van der Waals surface area contributed by atoms with Crippen LogP contribution in [0.2, 0.25) is 0 Å². The Morgan fingerprint density at radius 3 is 2.58 bits per heavy atom. The molecule has 4 nitrogen and oxygen atoms in total. The Morgan fingerprint density at radius 2 is 1.95 bits per heavy atom. The summed E-state index contributed by atoms with van der Waals surface area (Å²) in [5, 5.41) is 4.11. The lowest BCUT2D eigenvalue weighted by Gasteiger charge is -1.99. The fourth-order valence-electron chi connectivity index (χ4n) is 1.96. The first-order valence-electron chi connectivity index (χ1n) is 5.89. The van der Waals surface area contributed by atoms with Gasteiger partial charge in [-0.3, -0.25) is 4.98 Å². The summed E-state index contributed by atoms with van der Waals surface area (Å²) in [4.78, 5) is 6.36. The molecule has 0 bridgehead atoms. The lowest BCUT2D eigenvalue weighted by atomic mass is 10.1. The summed E-state index contributed by atoms with van der Waals surface area (Å²) in [7, 11) is 0. The average Bonchev–Trinajstić information content (AvgIpc) is 2.95. The van der Waals surface area contributed by atoms with E-state index in [2.05, 4.69) is 30.1 Å². The van der Waals surface area contributed by atoms with Gasteiger partial charge in [-0.25, -0.2) is 0 Å². The second-order valence-electron chi connectivity index (χ2n) is 4.36. The number of pyridine rings is 1. The molecular weight excluding hydrogens is 258 g/mol. The van der Waals surface area contributed by atoms with Crippen LogP contribution in [0.25, 0.3) is 21.7 Å². The Balaban J connectivity index is 2.19. The molecule has 19 heavy (non-hydrogen) atoms. The van der Waals surface area contributed by atoms with Gasteiger partial charge in [0.25, 0.3) is 0 Å². The molecular formula is C14H13N3OS. The first-order valence-corrected chi connectivity index (χ1v) is 6.71. The first kappa shape index (κ1) is 11.9. The van der Waals surface area contributed by atoms with Gasteiger partial charge in [0, 0.05) is 17.3 Å². The highest BCUT2D eigenvalue weighted by molar-refractivity contribution is 7.15. The van der Waals surface area contributed by atoms with Crippen molar-refractivity contribution >= 4 is 17.2 Å². The van der Waals surface area contributed by atoms with Crippen LogP contribution in [-0.2, 0) is 0 Å². The topological polar surface area (TPSA) is 64.9 Å². The van der Waals surface area contributed by atoms with Gasteiger partial charge in [-0.1, -0.05) is 5.16 Å². The lowest BCUT2D eigenvalue weighted by Crippen LogP contribution is -1.86. The first-order chi connectivity index (χ1) is 9.16. The van der Waals surface area contributed by atoms with Crippen LogP contribution in [0.3, 0.4) is 0 Å². The zero-order valence-corrected chi connectivity index (χ0v) is 11.5. The van der Waals surface area contributed by atoms with Gasteiger partial charge < -0.3 is 10.3 Å². The molecule has 3 heterocycles. The van der Waals surface area contributed by atoms with Crippen molar-refractivity contribution in [2.24, 2.45) is 0 Å². The third-order valence-corrected chi connectivity index (χ3v) is 4.25.